The first-order valence-corrected chi connectivity index (χ1v) is 14.7. The van der Waals surface area contributed by atoms with Gasteiger partial charge in [0.1, 0.15) is 0 Å². The Morgan fingerprint density at radius 3 is 2.18 bits per heavy atom. The number of benzene rings is 3. The van der Waals surface area contributed by atoms with Gasteiger partial charge in [-0.1, -0.05) is 45.0 Å². The van der Waals surface area contributed by atoms with Crippen LogP contribution in [0.3, 0.4) is 0 Å². The van der Waals surface area contributed by atoms with Crippen LogP contribution in [-0.2, 0) is 16.8 Å². The van der Waals surface area contributed by atoms with Gasteiger partial charge in [0.05, 0.1) is 24.1 Å². The van der Waals surface area contributed by atoms with Gasteiger partial charge in [0, 0.05) is 30.0 Å². The molecule has 0 atom stereocenters. The first kappa shape index (κ1) is 30.5. The molecular formula is C34H36N4O6. The van der Waals surface area contributed by atoms with Gasteiger partial charge >= 0.3 is 12.0 Å². The van der Waals surface area contributed by atoms with Crippen molar-refractivity contribution in [2.24, 2.45) is 5.92 Å². The number of anilines is 2. The Morgan fingerprint density at radius 2 is 1.57 bits per heavy atom. The summed E-state index contributed by atoms with van der Waals surface area (Å²) in [6.07, 6.45) is 1.86. The smallest absolute Gasteiger partial charge is 0.326 e. The van der Waals surface area contributed by atoms with Crippen molar-refractivity contribution in [3.05, 3.63) is 94.5 Å². The molecule has 3 aromatic carbocycles. The van der Waals surface area contributed by atoms with Crippen LogP contribution in [0.5, 0.6) is 0 Å². The second-order valence-electron chi connectivity index (χ2n) is 12.3. The third-order valence-electron chi connectivity index (χ3n) is 7.83. The monoisotopic (exact) mass is 596 g/mol. The molecule has 1 heterocycles. The first-order chi connectivity index (χ1) is 20.9. The second kappa shape index (κ2) is 12.3. The maximum atomic E-state index is 13.8. The van der Waals surface area contributed by atoms with Crippen molar-refractivity contribution < 1.29 is 29.1 Å². The molecule has 2 aliphatic rings. The lowest BCUT2D eigenvalue weighted by molar-refractivity contribution is -0.136. The van der Waals surface area contributed by atoms with Gasteiger partial charge in [0.15, 0.2) is 0 Å². The molecule has 228 valence electrons. The van der Waals surface area contributed by atoms with Crippen molar-refractivity contribution in [1.82, 2.24) is 10.2 Å². The normalized spacial score (nSPS) is 14.3. The van der Waals surface area contributed by atoms with Crippen LogP contribution in [0, 0.1) is 5.92 Å². The van der Waals surface area contributed by atoms with E-state index in [-0.39, 0.29) is 48.2 Å². The number of carboxylic acid groups (broad SMARTS) is 1. The van der Waals surface area contributed by atoms with E-state index in [1.54, 1.807) is 47.4 Å². The number of amides is 5. The quantitative estimate of drug-likeness (QED) is 0.267. The number of carbonyl (C=O) groups is 5. The SMILES string of the molecule is CC(C)(C)c1ccc(N(Cc2ccc(C(=O)NCCC(=O)O)cc2)C(=O)Nc2ccc3c(c2)C(=O)N(CC2CC2)C3=O)cc1. The van der Waals surface area contributed by atoms with Gasteiger partial charge in [-0.25, -0.2) is 4.79 Å². The number of aliphatic carboxylic acids is 1. The van der Waals surface area contributed by atoms with E-state index in [0.717, 1.165) is 24.0 Å². The van der Waals surface area contributed by atoms with Crippen LogP contribution in [0.1, 0.15) is 82.2 Å². The van der Waals surface area contributed by atoms with Crippen LogP contribution in [0.25, 0.3) is 0 Å². The Labute approximate surface area is 256 Å². The molecule has 3 N–H and O–H groups in total. The zero-order valence-corrected chi connectivity index (χ0v) is 25.1. The third-order valence-corrected chi connectivity index (χ3v) is 7.83. The van der Waals surface area contributed by atoms with Crippen LogP contribution in [0.15, 0.2) is 66.7 Å². The summed E-state index contributed by atoms with van der Waals surface area (Å²) in [7, 11) is 0. The Kier molecular flexibility index (Phi) is 8.53. The molecule has 0 radical (unpaired) electrons. The lowest BCUT2D eigenvalue weighted by Crippen LogP contribution is -2.34. The molecule has 1 aliphatic carbocycles. The summed E-state index contributed by atoms with van der Waals surface area (Å²) in [6, 6.07) is 18.8. The van der Waals surface area contributed by atoms with E-state index >= 15 is 0 Å². The highest BCUT2D eigenvalue weighted by Crippen LogP contribution is 2.34. The van der Waals surface area contributed by atoms with E-state index < -0.39 is 12.0 Å². The van der Waals surface area contributed by atoms with Crippen molar-refractivity contribution in [3.63, 3.8) is 0 Å². The highest BCUT2D eigenvalue weighted by atomic mass is 16.4. The number of rotatable bonds is 10. The average molecular weight is 597 g/mol. The summed E-state index contributed by atoms with van der Waals surface area (Å²) in [5.41, 5.74) is 3.83. The molecule has 0 aromatic heterocycles. The zero-order chi connectivity index (χ0) is 31.6. The number of nitrogens with zero attached hydrogens (tertiary/aromatic N) is 2. The number of hydrogen-bond donors (Lipinski definition) is 3. The van der Waals surface area contributed by atoms with Gasteiger partial charge in [-0.2, -0.15) is 0 Å². The minimum absolute atomic E-state index is 0.0232. The number of carbonyl (C=O) groups excluding carboxylic acids is 4. The summed E-state index contributed by atoms with van der Waals surface area (Å²) in [5, 5.41) is 14.3. The Balaban J connectivity index is 1.35. The van der Waals surface area contributed by atoms with Gasteiger partial charge in [0.25, 0.3) is 17.7 Å². The molecule has 5 rings (SSSR count). The number of fused-ring (bicyclic) bond motifs is 1. The highest BCUT2D eigenvalue weighted by Gasteiger charge is 2.39. The maximum Gasteiger partial charge on any atom is 0.326 e. The number of imide groups is 1. The molecular weight excluding hydrogens is 560 g/mol. The number of urea groups is 1. The summed E-state index contributed by atoms with van der Waals surface area (Å²) in [6.45, 7) is 6.95. The van der Waals surface area contributed by atoms with Gasteiger partial charge in [0.2, 0.25) is 0 Å². The van der Waals surface area contributed by atoms with Crippen molar-refractivity contribution >= 4 is 41.1 Å². The molecule has 44 heavy (non-hydrogen) atoms. The number of hydrogen-bond acceptors (Lipinski definition) is 5. The van der Waals surface area contributed by atoms with E-state index in [1.165, 1.54) is 4.90 Å². The molecule has 1 saturated carbocycles. The van der Waals surface area contributed by atoms with Crippen molar-refractivity contribution in [2.75, 3.05) is 23.3 Å². The fraction of sp³-hybridized carbons (Fsp3) is 0.324. The first-order valence-electron chi connectivity index (χ1n) is 14.7. The largest absolute Gasteiger partial charge is 0.481 e. The van der Waals surface area contributed by atoms with E-state index in [0.29, 0.717) is 35.0 Å². The third kappa shape index (κ3) is 6.96. The summed E-state index contributed by atoms with van der Waals surface area (Å²) in [5.74, 6) is -1.64. The minimum Gasteiger partial charge on any atom is -0.481 e. The Morgan fingerprint density at radius 1 is 0.909 bits per heavy atom. The van der Waals surface area contributed by atoms with E-state index in [1.807, 2.05) is 24.3 Å². The molecule has 10 heteroatoms. The number of carboxylic acids is 1. The fourth-order valence-corrected chi connectivity index (χ4v) is 5.03. The lowest BCUT2D eigenvalue weighted by Gasteiger charge is -2.25. The topological polar surface area (TPSA) is 136 Å². The fourth-order valence-electron chi connectivity index (χ4n) is 5.03. The minimum atomic E-state index is -0.995. The molecule has 0 saturated heterocycles. The predicted molar refractivity (Wildman–Crippen MR) is 166 cm³/mol. The average Bonchev–Trinajstić information content (AvgIpc) is 3.78. The Bertz CT molecular complexity index is 1600. The predicted octanol–water partition coefficient (Wildman–Crippen LogP) is 5.43. The van der Waals surface area contributed by atoms with Gasteiger partial charge in [-0.15, -0.1) is 0 Å². The lowest BCUT2D eigenvalue weighted by atomic mass is 9.87. The van der Waals surface area contributed by atoms with Gasteiger partial charge in [-0.05, 0) is 77.8 Å². The van der Waals surface area contributed by atoms with E-state index in [9.17, 15) is 24.0 Å². The van der Waals surface area contributed by atoms with Crippen LogP contribution >= 0.6 is 0 Å². The highest BCUT2D eigenvalue weighted by molar-refractivity contribution is 6.22. The summed E-state index contributed by atoms with van der Waals surface area (Å²) in [4.78, 5) is 65.5. The van der Waals surface area contributed by atoms with Crippen LogP contribution < -0.4 is 15.5 Å². The molecule has 0 bridgehead atoms. The summed E-state index contributed by atoms with van der Waals surface area (Å²) < 4.78 is 0. The molecule has 5 amide bonds. The second-order valence-corrected chi connectivity index (χ2v) is 12.3. The van der Waals surface area contributed by atoms with Gasteiger partial charge in [-0.3, -0.25) is 29.0 Å². The van der Waals surface area contributed by atoms with Crippen molar-refractivity contribution in [3.8, 4) is 0 Å². The van der Waals surface area contributed by atoms with Crippen LogP contribution in [0.4, 0.5) is 16.2 Å². The van der Waals surface area contributed by atoms with Crippen LogP contribution in [-0.4, -0.2) is 52.8 Å². The molecule has 0 unspecified atom stereocenters. The molecule has 1 aliphatic heterocycles. The number of nitrogens with one attached hydrogen (secondary N) is 2. The van der Waals surface area contributed by atoms with Crippen LogP contribution in [0.2, 0.25) is 0 Å². The standard InChI is InChI=1S/C34H36N4O6/c1-34(2,3)24-10-13-26(14-11-24)37(19-22-6-8-23(9-7-22)30(41)35-17-16-29(39)40)33(44)36-25-12-15-27-28(18-25)32(43)38(31(27)42)20-21-4-5-21/h6-15,18,21H,4-5,16-17,19-20H2,1-3H3,(H,35,41)(H,36,44)(H,39,40). The van der Waals surface area contributed by atoms with Crippen molar-refractivity contribution in [1.29, 1.82) is 0 Å². The molecule has 0 spiro atoms. The maximum absolute atomic E-state index is 13.8. The van der Waals surface area contributed by atoms with Gasteiger partial charge < -0.3 is 15.7 Å². The zero-order valence-electron chi connectivity index (χ0n) is 25.1. The van der Waals surface area contributed by atoms with E-state index in [2.05, 4.69) is 31.4 Å². The molecule has 10 nitrogen and oxygen atoms in total. The molecule has 3 aromatic rings. The van der Waals surface area contributed by atoms with Crippen molar-refractivity contribution in [2.45, 2.75) is 52.0 Å². The summed E-state index contributed by atoms with van der Waals surface area (Å²) >= 11 is 0. The van der Waals surface area contributed by atoms with E-state index in [4.69, 9.17) is 5.11 Å². The molecule has 1 fully saturated rings. The Hall–Kier alpha value is -4.99.